The lowest BCUT2D eigenvalue weighted by molar-refractivity contribution is -0.161. The van der Waals surface area contributed by atoms with Crippen molar-refractivity contribution in [1.29, 1.82) is 0 Å². The van der Waals surface area contributed by atoms with Gasteiger partial charge in [0.2, 0.25) is 0 Å². The van der Waals surface area contributed by atoms with Crippen LogP contribution in [-0.4, -0.2) is 71.6 Å². The number of rotatable bonds is 44. The summed E-state index contributed by atoms with van der Waals surface area (Å²) >= 11 is 0. The first-order chi connectivity index (χ1) is 29.6. The number of aliphatic carboxylic acids is 1. The normalized spacial score (nSPS) is 14.2. The van der Waals surface area contributed by atoms with Gasteiger partial charge in [-0.15, -0.1) is 0 Å². The number of nitrogens with two attached hydrogens (primary N) is 1. The van der Waals surface area contributed by atoms with E-state index in [1.54, 1.807) is 0 Å². The van der Waals surface area contributed by atoms with Crippen LogP contribution in [0.25, 0.3) is 0 Å². The van der Waals surface area contributed by atoms with Gasteiger partial charge in [0, 0.05) is 19.4 Å². The summed E-state index contributed by atoms with van der Waals surface area (Å²) in [5.41, 5.74) is 5.34. The van der Waals surface area contributed by atoms with E-state index in [2.05, 4.69) is 60.1 Å². The van der Waals surface area contributed by atoms with E-state index in [9.17, 15) is 23.8 Å². The summed E-state index contributed by atoms with van der Waals surface area (Å²) in [5.74, 6) is -2.47. The predicted molar refractivity (Wildman–Crippen MR) is 246 cm³/mol. The molecule has 0 aliphatic heterocycles. The number of aliphatic hydroxyl groups is 1. The van der Waals surface area contributed by atoms with Gasteiger partial charge < -0.3 is 30.3 Å². The molecule has 0 heterocycles. The van der Waals surface area contributed by atoms with Gasteiger partial charge in [0.25, 0.3) is 0 Å². The van der Waals surface area contributed by atoms with Crippen molar-refractivity contribution in [1.82, 2.24) is 0 Å². The van der Waals surface area contributed by atoms with E-state index in [-0.39, 0.29) is 26.1 Å². The molecule has 0 bridgehead atoms. The number of allylic oxidation sites excluding steroid dienone is 10. The molecule has 352 valence electrons. The number of carbonyl (C=O) groups excluding carboxylic acids is 2. The van der Waals surface area contributed by atoms with Gasteiger partial charge in [-0.3, -0.25) is 23.4 Å². The Kier molecular flexibility index (Phi) is 41.7. The van der Waals surface area contributed by atoms with Gasteiger partial charge in [0.1, 0.15) is 12.6 Å². The second-order valence-electron chi connectivity index (χ2n) is 15.6. The number of phosphoric ester groups is 1. The van der Waals surface area contributed by atoms with Crippen LogP contribution in [-0.2, 0) is 37.5 Å². The molecule has 0 radical (unpaired) electrons. The molecule has 0 aromatic carbocycles. The SMILES string of the molecule is CCCCCCCC/C=C\CCCCCCCCCCCC(=O)O[C@H](COC(=O)CCC/C=C\C/C=C\C/C=C\C/C=C\CCCCCO)COP(=O)(O)OC[C@H](N)C(=O)O. The third-order valence-corrected chi connectivity index (χ3v) is 10.7. The summed E-state index contributed by atoms with van der Waals surface area (Å²) in [6, 6.07) is -1.54. The van der Waals surface area contributed by atoms with E-state index in [0.717, 1.165) is 64.2 Å². The molecule has 3 atom stereocenters. The number of carboxylic acids is 1. The van der Waals surface area contributed by atoms with Crippen molar-refractivity contribution in [3.8, 4) is 0 Å². The maximum absolute atomic E-state index is 12.7. The van der Waals surface area contributed by atoms with Gasteiger partial charge >= 0.3 is 25.7 Å². The van der Waals surface area contributed by atoms with Crippen molar-refractivity contribution in [2.45, 2.75) is 199 Å². The maximum Gasteiger partial charge on any atom is 0.472 e. The summed E-state index contributed by atoms with van der Waals surface area (Å²) < 4.78 is 32.7. The Morgan fingerprint density at radius 2 is 0.951 bits per heavy atom. The molecule has 5 N–H and O–H groups in total. The van der Waals surface area contributed by atoms with Crippen LogP contribution in [0.1, 0.15) is 187 Å². The van der Waals surface area contributed by atoms with Gasteiger partial charge in [-0.2, -0.15) is 0 Å². The molecule has 61 heavy (non-hydrogen) atoms. The van der Waals surface area contributed by atoms with Gasteiger partial charge in [-0.1, -0.05) is 151 Å². The molecule has 0 aromatic rings. The quantitative estimate of drug-likeness (QED) is 0.0196. The lowest BCUT2D eigenvalue weighted by Crippen LogP contribution is -2.34. The highest BCUT2D eigenvalue weighted by Crippen LogP contribution is 2.43. The van der Waals surface area contributed by atoms with Crippen LogP contribution in [0.4, 0.5) is 0 Å². The van der Waals surface area contributed by atoms with Crippen LogP contribution >= 0.6 is 7.82 Å². The zero-order chi connectivity index (χ0) is 44.9. The molecule has 0 fully saturated rings. The van der Waals surface area contributed by atoms with E-state index in [1.807, 2.05) is 12.2 Å². The third-order valence-electron chi connectivity index (χ3n) is 9.79. The number of carbonyl (C=O) groups is 3. The van der Waals surface area contributed by atoms with Crippen LogP contribution < -0.4 is 5.73 Å². The Bertz CT molecular complexity index is 1270. The van der Waals surface area contributed by atoms with Crippen molar-refractivity contribution >= 4 is 25.7 Å². The highest BCUT2D eigenvalue weighted by molar-refractivity contribution is 7.47. The first-order valence-electron chi connectivity index (χ1n) is 23.4. The van der Waals surface area contributed by atoms with E-state index in [0.29, 0.717) is 19.3 Å². The fourth-order valence-electron chi connectivity index (χ4n) is 6.09. The van der Waals surface area contributed by atoms with Crippen LogP contribution in [0.15, 0.2) is 60.8 Å². The summed E-state index contributed by atoms with van der Waals surface area (Å²) in [6.07, 6.45) is 48.7. The van der Waals surface area contributed by atoms with Crippen molar-refractivity contribution in [3.05, 3.63) is 60.8 Å². The van der Waals surface area contributed by atoms with Crippen LogP contribution in [0, 0.1) is 0 Å². The second kappa shape index (κ2) is 43.8. The number of esters is 2. The van der Waals surface area contributed by atoms with E-state index in [1.165, 1.54) is 83.5 Å². The predicted octanol–water partition coefficient (Wildman–Crippen LogP) is 11.7. The fourth-order valence-corrected chi connectivity index (χ4v) is 6.87. The van der Waals surface area contributed by atoms with Gasteiger partial charge in [0.15, 0.2) is 6.10 Å². The Balaban J connectivity index is 4.40. The average Bonchev–Trinajstić information content (AvgIpc) is 3.24. The standard InChI is InChI=1S/C48H84NO11P/c1-2-3-4-5-6-7-8-9-10-11-12-14-18-21-24-27-30-33-36-39-47(52)60-44(42-58-61(55,56)59-43-45(49)48(53)54)41-57-46(51)38-35-32-29-26-23-20-17-15-13-16-19-22-25-28-31-34-37-40-50/h9-10,13,16-17,20,22,25-26,29,44-45,50H,2-8,11-12,14-15,18-19,21,23-24,27-28,30-43,49H2,1H3,(H,53,54)(H,55,56)/b10-9-,16-13-,20-17-,25-22-,29-26-/t44-,45+/m1/s1. The molecule has 0 aliphatic carbocycles. The zero-order valence-electron chi connectivity index (χ0n) is 37.7. The Labute approximate surface area is 369 Å². The van der Waals surface area contributed by atoms with Crippen molar-refractivity contribution < 1.29 is 52.6 Å². The molecule has 0 amide bonds. The molecule has 0 aromatic heterocycles. The molecule has 0 rings (SSSR count). The lowest BCUT2D eigenvalue weighted by Gasteiger charge is -2.20. The Hall–Kier alpha value is -2.86. The fraction of sp³-hybridized carbons (Fsp3) is 0.729. The molecular formula is C48H84NO11P. The second-order valence-corrected chi connectivity index (χ2v) is 17.1. The first-order valence-corrected chi connectivity index (χ1v) is 24.9. The van der Waals surface area contributed by atoms with Crippen molar-refractivity contribution in [2.24, 2.45) is 5.73 Å². The molecule has 13 heteroatoms. The summed E-state index contributed by atoms with van der Waals surface area (Å²) in [6.45, 7) is 0.754. The monoisotopic (exact) mass is 882 g/mol. The number of hydrogen-bond acceptors (Lipinski definition) is 10. The molecule has 12 nitrogen and oxygen atoms in total. The van der Waals surface area contributed by atoms with Gasteiger partial charge in [-0.05, 0) is 83.5 Å². The molecule has 0 aliphatic rings. The summed E-state index contributed by atoms with van der Waals surface area (Å²) in [4.78, 5) is 46.0. The van der Waals surface area contributed by atoms with E-state index < -0.39 is 51.1 Å². The summed E-state index contributed by atoms with van der Waals surface area (Å²) in [5, 5.41) is 17.7. The number of aliphatic hydroxyl groups excluding tert-OH is 1. The minimum atomic E-state index is -4.74. The minimum absolute atomic E-state index is 0.134. The number of phosphoric acid groups is 1. The highest BCUT2D eigenvalue weighted by Gasteiger charge is 2.28. The molecular weight excluding hydrogens is 797 g/mol. The van der Waals surface area contributed by atoms with Gasteiger partial charge in [-0.25, -0.2) is 4.57 Å². The number of carboxylic acid groups (broad SMARTS) is 1. The Morgan fingerprint density at radius 1 is 0.541 bits per heavy atom. The Morgan fingerprint density at radius 3 is 1.46 bits per heavy atom. The van der Waals surface area contributed by atoms with Crippen molar-refractivity contribution in [3.63, 3.8) is 0 Å². The lowest BCUT2D eigenvalue weighted by atomic mass is 10.1. The topological polar surface area (TPSA) is 192 Å². The van der Waals surface area contributed by atoms with Crippen molar-refractivity contribution in [2.75, 3.05) is 26.4 Å². The zero-order valence-corrected chi connectivity index (χ0v) is 38.6. The van der Waals surface area contributed by atoms with Crippen LogP contribution in [0.5, 0.6) is 0 Å². The average molecular weight is 882 g/mol. The number of hydrogen-bond donors (Lipinski definition) is 4. The van der Waals surface area contributed by atoms with Crippen LogP contribution in [0.2, 0.25) is 0 Å². The third kappa shape index (κ3) is 43.6. The summed E-state index contributed by atoms with van der Waals surface area (Å²) in [7, 11) is -4.74. The number of unbranched alkanes of at least 4 members (excludes halogenated alkanes) is 19. The van der Waals surface area contributed by atoms with Crippen LogP contribution in [0.3, 0.4) is 0 Å². The smallest absolute Gasteiger partial charge is 0.472 e. The molecule has 0 spiro atoms. The largest absolute Gasteiger partial charge is 0.480 e. The van der Waals surface area contributed by atoms with E-state index in [4.69, 9.17) is 29.9 Å². The molecule has 0 saturated heterocycles. The van der Waals surface area contributed by atoms with Gasteiger partial charge in [0.05, 0.1) is 13.2 Å². The maximum atomic E-state index is 12.7. The first kappa shape index (κ1) is 58.1. The highest BCUT2D eigenvalue weighted by atomic mass is 31.2. The number of ether oxygens (including phenoxy) is 2. The van der Waals surface area contributed by atoms with E-state index >= 15 is 0 Å². The molecule has 1 unspecified atom stereocenters. The molecule has 0 saturated carbocycles. The minimum Gasteiger partial charge on any atom is -0.480 e.